The summed E-state index contributed by atoms with van der Waals surface area (Å²) >= 11 is 5.66. The van der Waals surface area contributed by atoms with E-state index in [2.05, 4.69) is 9.88 Å². The highest BCUT2D eigenvalue weighted by Crippen LogP contribution is 2.46. The van der Waals surface area contributed by atoms with Gasteiger partial charge in [-0.1, -0.05) is 23.7 Å². The molecule has 2 atom stereocenters. The van der Waals surface area contributed by atoms with Crippen LogP contribution in [0.15, 0.2) is 53.3 Å². The zero-order valence-corrected chi connectivity index (χ0v) is 20.4. The average Bonchev–Trinajstić information content (AvgIpc) is 3.44. The lowest BCUT2D eigenvalue weighted by Gasteiger charge is -2.44. The lowest BCUT2D eigenvalue weighted by Crippen LogP contribution is -2.54. The van der Waals surface area contributed by atoms with Gasteiger partial charge in [-0.15, -0.1) is 0 Å². The minimum Gasteiger partial charge on any atom is -0.477 e. The van der Waals surface area contributed by atoms with Crippen molar-refractivity contribution in [2.24, 2.45) is 0 Å². The van der Waals surface area contributed by atoms with Crippen LogP contribution in [0.1, 0.15) is 24.0 Å². The van der Waals surface area contributed by atoms with Gasteiger partial charge in [-0.25, -0.2) is 4.79 Å². The highest BCUT2D eigenvalue weighted by atomic mass is 35.5. The predicted octanol–water partition coefficient (Wildman–Crippen LogP) is 5.08. The first kappa shape index (κ1) is 24.1. The van der Waals surface area contributed by atoms with E-state index in [0.717, 1.165) is 42.9 Å². The molecule has 1 spiro atoms. The standard InChI is InChI=1S/C26H23ClF3N3O4/c27-21-6-5-18(11-20(21)26(28,29)30)37-17-3-1-16(2-4-17)7-10-35-22-12-23-32(24(34)31-22)9-8-25-13-19(36-15-25)14-33(23)25/h1-6,11-12,19H,7-10,13-15H2/t19-,25-/m1/s1. The number of benzene rings is 2. The molecule has 2 aromatic carbocycles. The van der Waals surface area contributed by atoms with Gasteiger partial charge in [0.2, 0.25) is 5.88 Å². The molecule has 0 amide bonds. The molecule has 194 valence electrons. The third-order valence-electron chi connectivity index (χ3n) is 7.24. The number of morpholine rings is 1. The smallest absolute Gasteiger partial charge is 0.417 e. The molecule has 0 N–H and O–H groups in total. The zero-order valence-electron chi connectivity index (χ0n) is 19.6. The lowest BCUT2D eigenvalue weighted by molar-refractivity contribution is -0.137. The Morgan fingerprint density at radius 2 is 1.92 bits per heavy atom. The van der Waals surface area contributed by atoms with Crippen molar-refractivity contribution in [3.05, 3.63) is 75.2 Å². The van der Waals surface area contributed by atoms with Crippen molar-refractivity contribution >= 4 is 17.4 Å². The molecule has 4 heterocycles. The molecule has 1 aromatic heterocycles. The van der Waals surface area contributed by atoms with E-state index in [1.165, 1.54) is 6.07 Å². The molecule has 0 aliphatic carbocycles. The summed E-state index contributed by atoms with van der Waals surface area (Å²) in [5.41, 5.74) is -0.359. The number of fused-ring (bicyclic) bond motifs is 3. The molecular weight excluding hydrogens is 511 g/mol. The van der Waals surface area contributed by atoms with Gasteiger partial charge in [-0.3, -0.25) is 4.57 Å². The highest BCUT2D eigenvalue weighted by molar-refractivity contribution is 6.31. The van der Waals surface area contributed by atoms with Crippen LogP contribution in [-0.2, 0) is 23.9 Å². The summed E-state index contributed by atoms with van der Waals surface area (Å²) in [5, 5.41) is -0.382. The van der Waals surface area contributed by atoms with E-state index in [0.29, 0.717) is 37.8 Å². The van der Waals surface area contributed by atoms with Gasteiger partial charge < -0.3 is 19.1 Å². The lowest BCUT2D eigenvalue weighted by atomic mass is 9.92. The third-order valence-corrected chi connectivity index (χ3v) is 7.57. The van der Waals surface area contributed by atoms with E-state index in [4.69, 9.17) is 25.8 Å². The second-order valence-electron chi connectivity index (χ2n) is 9.59. The number of anilines is 1. The number of rotatable bonds is 6. The molecule has 3 aromatic rings. The molecule has 0 saturated carbocycles. The van der Waals surface area contributed by atoms with Crippen LogP contribution in [-0.4, -0.2) is 41.0 Å². The average molecular weight is 534 g/mol. The second-order valence-corrected chi connectivity index (χ2v) is 10.00. The maximum absolute atomic E-state index is 13.1. The van der Waals surface area contributed by atoms with Crippen LogP contribution in [0.25, 0.3) is 0 Å². The van der Waals surface area contributed by atoms with Crippen molar-refractivity contribution in [3.63, 3.8) is 0 Å². The first-order valence-electron chi connectivity index (χ1n) is 12.0. The Labute approximate surface area is 215 Å². The van der Waals surface area contributed by atoms with E-state index in [9.17, 15) is 18.0 Å². The van der Waals surface area contributed by atoms with E-state index >= 15 is 0 Å². The molecule has 11 heteroatoms. The van der Waals surface area contributed by atoms with Crippen LogP contribution in [0, 0.1) is 0 Å². The van der Waals surface area contributed by atoms with Gasteiger partial charge in [0.15, 0.2) is 0 Å². The normalized spacial score (nSPS) is 22.1. The van der Waals surface area contributed by atoms with E-state index in [-0.39, 0.29) is 28.1 Å². The fourth-order valence-corrected chi connectivity index (χ4v) is 5.61. The van der Waals surface area contributed by atoms with Crippen LogP contribution < -0.4 is 20.1 Å². The Balaban J connectivity index is 1.09. The van der Waals surface area contributed by atoms with Crippen LogP contribution in [0.3, 0.4) is 0 Å². The number of alkyl halides is 3. The first-order chi connectivity index (χ1) is 17.7. The van der Waals surface area contributed by atoms with Crippen LogP contribution in [0.4, 0.5) is 19.0 Å². The van der Waals surface area contributed by atoms with E-state index in [1.807, 2.05) is 6.07 Å². The summed E-state index contributed by atoms with van der Waals surface area (Å²) in [6.07, 6.45) is -1.95. The quantitative estimate of drug-likeness (QED) is 0.440. The summed E-state index contributed by atoms with van der Waals surface area (Å²) < 4.78 is 58.2. The molecule has 2 fully saturated rings. The summed E-state index contributed by atoms with van der Waals surface area (Å²) in [5.74, 6) is 1.56. The van der Waals surface area contributed by atoms with E-state index < -0.39 is 11.7 Å². The Bertz CT molecular complexity index is 1400. The maximum atomic E-state index is 13.1. The molecule has 37 heavy (non-hydrogen) atoms. The number of nitrogens with zero attached hydrogens (tertiary/aromatic N) is 3. The fraction of sp³-hybridized carbons (Fsp3) is 0.385. The summed E-state index contributed by atoms with van der Waals surface area (Å²) in [6.45, 7) is 2.38. The van der Waals surface area contributed by atoms with Gasteiger partial charge in [0.1, 0.15) is 17.3 Å². The van der Waals surface area contributed by atoms with Gasteiger partial charge in [-0.05, 0) is 42.3 Å². The van der Waals surface area contributed by atoms with Crippen molar-refractivity contribution in [1.29, 1.82) is 0 Å². The molecule has 2 bridgehead atoms. The summed E-state index contributed by atoms with van der Waals surface area (Å²) in [6, 6.07) is 12.2. The molecule has 6 rings (SSSR count). The number of ether oxygens (including phenoxy) is 3. The van der Waals surface area contributed by atoms with Crippen molar-refractivity contribution in [1.82, 2.24) is 9.55 Å². The number of aromatic nitrogens is 2. The molecule has 2 saturated heterocycles. The van der Waals surface area contributed by atoms with Gasteiger partial charge in [-0.2, -0.15) is 18.2 Å². The number of hydrogen-bond acceptors (Lipinski definition) is 6. The molecule has 3 aliphatic heterocycles. The minimum absolute atomic E-state index is 0.0279. The molecular formula is C26H23ClF3N3O4. The van der Waals surface area contributed by atoms with Crippen molar-refractivity contribution in [2.75, 3.05) is 24.7 Å². The molecule has 0 unspecified atom stereocenters. The van der Waals surface area contributed by atoms with Crippen LogP contribution >= 0.6 is 11.6 Å². The number of halogens is 4. The van der Waals surface area contributed by atoms with E-state index in [1.54, 1.807) is 28.8 Å². The summed E-state index contributed by atoms with van der Waals surface area (Å²) in [4.78, 5) is 19.0. The SMILES string of the molecule is O=c1nc(OCCc2ccc(Oc3ccc(Cl)c(C(F)(F)F)c3)cc2)cc2n1CC[C@@]13CO[C@@H](CN21)C3. The topological polar surface area (TPSA) is 65.8 Å². The Kier molecular flexibility index (Phi) is 5.83. The Hall–Kier alpha value is -3.24. The van der Waals surface area contributed by atoms with Gasteiger partial charge in [0, 0.05) is 32.0 Å². The Morgan fingerprint density at radius 3 is 2.68 bits per heavy atom. The third kappa shape index (κ3) is 4.53. The molecule has 3 aliphatic rings. The van der Waals surface area contributed by atoms with Crippen molar-refractivity contribution < 1.29 is 27.4 Å². The van der Waals surface area contributed by atoms with Gasteiger partial charge in [0.25, 0.3) is 0 Å². The highest BCUT2D eigenvalue weighted by Gasteiger charge is 2.54. The largest absolute Gasteiger partial charge is 0.477 e. The Morgan fingerprint density at radius 1 is 1.14 bits per heavy atom. The summed E-state index contributed by atoms with van der Waals surface area (Å²) in [7, 11) is 0. The molecule has 0 radical (unpaired) electrons. The fourth-order valence-electron chi connectivity index (χ4n) is 5.38. The van der Waals surface area contributed by atoms with Crippen LogP contribution in [0.5, 0.6) is 17.4 Å². The van der Waals surface area contributed by atoms with Gasteiger partial charge >= 0.3 is 11.9 Å². The zero-order chi connectivity index (χ0) is 25.8. The van der Waals surface area contributed by atoms with Crippen molar-refractivity contribution in [3.8, 4) is 17.4 Å². The number of hydrogen-bond donors (Lipinski definition) is 0. The van der Waals surface area contributed by atoms with Crippen LogP contribution in [0.2, 0.25) is 5.02 Å². The maximum Gasteiger partial charge on any atom is 0.417 e. The first-order valence-corrected chi connectivity index (χ1v) is 12.4. The molecule has 7 nitrogen and oxygen atoms in total. The minimum atomic E-state index is -4.57. The predicted molar refractivity (Wildman–Crippen MR) is 130 cm³/mol. The van der Waals surface area contributed by atoms with Gasteiger partial charge in [0.05, 0.1) is 35.4 Å². The second kappa shape index (κ2) is 8.95. The monoisotopic (exact) mass is 533 g/mol. The van der Waals surface area contributed by atoms with Crippen molar-refractivity contribution in [2.45, 2.75) is 43.6 Å².